The minimum atomic E-state index is -0.623. The van der Waals surface area contributed by atoms with Gasteiger partial charge in [-0.25, -0.2) is 9.79 Å². The fourth-order valence-corrected chi connectivity index (χ4v) is 2.21. The topological polar surface area (TPSA) is 91.0 Å². The average molecular weight is 324 g/mol. The molecule has 120 valence electrons. The average Bonchev–Trinajstić information content (AvgIpc) is 2.96. The Morgan fingerprint density at radius 2 is 1.96 bits per heavy atom. The molecule has 0 bridgehead atoms. The number of ether oxygens (including phenoxy) is 2. The fourth-order valence-electron chi connectivity index (χ4n) is 2.21. The summed E-state index contributed by atoms with van der Waals surface area (Å²) in [6, 6.07) is 13.1. The molecule has 7 heteroatoms. The van der Waals surface area contributed by atoms with Crippen LogP contribution in [0, 0.1) is 10.1 Å². The summed E-state index contributed by atoms with van der Waals surface area (Å²) in [5.74, 6) is -0.0390. The van der Waals surface area contributed by atoms with Crippen molar-refractivity contribution in [1.82, 2.24) is 0 Å². The van der Waals surface area contributed by atoms with Crippen LogP contribution in [0.25, 0.3) is 6.08 Å². The Morgan fingerprint density at radius 1 is 1.21 bits per heavy atom. The van der Waals surface area contributed by atoms with Gasteiger partial charge in [0.2, 0.25) is 5.90 Å². The molecule has 0 atom stereocenters. The Morgan fingerprint density at radius 3 is 2.62 bits per heavy atom. The molecule has 0 spiro atoms. The van der Waals surface area contributed by atoms with Gasteiger partial charge in [0.25, 0.3) is 5.69 Å². The first-order valence-corrected chi connectivity index (χ1v) is 6.99. The third-order valence-electron chi connectivity index (χ3n) is 3.36. The number of nitro benzene ring substituents is 1. The van der Waals surface area contributed by atoms with E-state index in [4.69, 9.17) is 9.47 Å². The summed E-state index contributed by atoms with van der Waals surface area (Å²) in [5.41, 5.74) is 0.978. The molecule has 1 aliphatic heterocycles. The molecule has 0 unspecified atom stereocenters. The number of aliphatic imine (C=N–C) groups is 1. The number of cyclic esters (lactones) is 1. The van der Waals surface area contributed by atoms with Gasteiger partial charge in [-0.3, -0.25) is 10.1 Å². The maximum atomic E-state index is 12.0. The van der Waals surface area contributed by atoms with Gasteiger partial charge >= 0.3 is 5.97 Å². The lowest BCUT2D eigenvalue weighted by atomic mass is 10.1. The van der Waals surface area contributed by atoms with Crippen molar-refractivity contribution in [3.8, 4) is 5.75 Å². The van der Waals surface area contributed by atoms with Crippen molar-refractivity contribution in [2.75, 3.05) is 7.11 Å². The maximum absolute atomic E-state index is 12.0. The standard InChI is InChI=1S/C17H12N2O5/c1-23-15-8-7-13(19(21)22)9-12(15)10-14-17(20)24-16(18-14)11-5-3-2-4-6-11/h2-10H,1H3/b14-10-. The molecule has 24 heavy (non-hydrogen) atoms. The summed E-state index contributed by atoms with van der Waals surface area (Å²) in [5, 5.41) is 10.9. The highest BCUT2D eigenvalue weighted by atomic mass is 16.6. The number of esters is 1. The molecule has 3 rings (SSSR count). The summed E-state index contributed by atoms with van der Waals surface area (Å²) in [4.78, 5) is 26.6. The van der Waals surface area contributed by atoms with Gasteiger partial charge in [-0.05, 0) is 24.3 Å². The molecule has 0 aromatic heterocycles. The van der Waals surface area contributed by atoms with Crippen molar-refractivity contribution >= 4 is 23.6 Å². The SMILES string of the molecule is COc1ccc([N+](=O)[O-])cc1/C=C1\N=C(c2ccccc2)OC1=O. The molecular weight excluding hydrogens is 312 g/mol. The van der Waals surface area contributed by atoms with Crippen LogP contribution in [-0.2, 0) is 9.53 Å². The third kappa shape index (κ3) is 3.00. The largest absolute Gasteiger partial charge is 0.496 e. The zero-order valence-corrected chi connectivity index (χ0v) is 12.6. The second-order valence-corrected chi connectivity index (χ2v) is 4.89. The molecule has 1 heterocycles. The van der Waals surface area contributed by atoms with Crippen LogP contribution >= 0.6 is 0 Å². The minimum Gasteiger partial charge on any atom is -0.496 e. The molecule has 0 aliphatic carbocycles. The lowest BCUT2D eigenvalue weighted by Crippen LogP contribution is -2.05. The number of methoxy groups -OCH3 is 1. The lowest BCUT2D eigenvalue weighted by Gasteiger charge is -2.04. The molecular formula is C17H12N2O5. The van der Waals surface area contributed by atoms with Gasteiger partial charge in [0, 0.05) is 23.3 Å². The van der Waals surface area contributed by atoms with Gasteiger partial charge in [-0.1, -0.05) is 18.2 Å². The molecule has 7 nitrogen and oxygen atoms in total. The number of hydrogen-bond donors (Lipinski definition) is 0. The summed E-state index contributed by atoms with van der Waals surface area (Å²) in [6.45, 7) is 0. The van der Waals surface area contributed by atoms with Gasteiger partial charge in [-0.15, -0.1) is 0 Å². The van der Waals surface area contributed by atoms with Crippen molar-refractivity contribution in [2.24, 2.45) is 4.99 Å². The summed E-state index contributed by atoms with van der Waals surface area (Å²) in [7, 11) is 1.44. The smallest absolute Gasteiger partial charge is 0.363 e. The van der Waals surface area contributed by atoms with Crippen LogP contribution in [0.1, 0.15) is 11.1 Å². The van der Waals surface area contributed by atoms with Crippen LogP contribution in [0.3, 0.4) is 0 Å². The number of rotatable bonds is 4. The molecule has 0 amide bonds. The van der Waals surface area contributed by atoms with Crippen LogP contribution in [-0.4, -0.2) is 23.9 Å². The van der Waals surface area contributed by atoms with E-state index < -0.39 is 10.9 Å². The molecule has 0 fully saturated rings. The van der Waals surface area contributed by atoms with E-state index in [0.717, 1.165) is 0 Å². The Hall–Kier alpha value is -3.48. The van der Waals surface area contributed by atoms with Crippen molar-refractivity contribution in [1.29, 1.82) is 0 Å². The Balaban J connectivity index is 2.02. The number of carbonyl (C=O) groups is 1. The predicted molar refractivity (Wildman–Crippen MR) is 86.7 cm³/mol. The fraction of sp³-hybridized carbons (Fsp3) is 0.0588. The summed E-state index contributed by atoms with van der Waals surface area (Å²) in [6.07, 6.45) is 1.41. The van der Waals surface area contributed by atoms with Gasteiger partial charge in [0.05, 0.1) is 12.0 Å². The second kappa shape index (κ2) is 6.33. The minimum absolute atomic E-state index is 0.0488. The van der Waals surface area contributed by atoms with E-state index in [0.29, 0.717) is 16.9 Å². The number of non-ortho nitro benzene ring substituents is 1. The van der Waals surface area contributed by atoms with Crippen molar-refractivity contribution in [3.05, 3.63) is 75.5 Å². The van der Waals surface area contributed by atoms with E-state index >= 15 is 0 Å². The molecule has 0 saturated heterocycles. The first-order chi connectivity index (χ1) is 11.6. The van der Waals surface area contributed by atoms with Gasteiger partial charge in [0.1, 0.15) is 5.75 Å². The third-order valence-corrected chi connectivity index (χ3v) is 3.36. The zero-order chi connectivity index (χ0) is 17.1. The van der Waals surface area contributed by atoms with Crippen LogP contribution in [0.4, 0.5) is 5.69 Å². The molecule has 2 aromatic rings. The quantitative estimate of drug-likeness (QED) is 0.373. The van der Waals surface area contributed by atoms with Gasteiger partial charge in [-0.2, -0.15) is 0 Å². The maximum Gasteiger partial charge on any atom is 0.363 e. The van der Waals surface area contributed by atoms with E-state index in [1.807, 2.05) is 6.07 Å². The van der Waals surface area contributed by atoms with E-state index in [-0.39, 0.29) is 17.3 Å². The van der Waals surface area contributed by atoms with E-state index in [1.165, 1.54) is 31.4 Å². The number of hydrogen-bond acceptors (Lipinski definition) is 6. The van der Waals surface area contributed by atoms with Crippen molar-refractivity contribution in [2.45, 2.75) is 0 Å². The van der Waals surface area contributed by atoms with E-state index in [2.05, 4.69) is 4.99 Å². The molecule has 2 aromatic carbocycles. The zero-order valence-electron chi connectivity index (χ0n) is 12.6. The molecule has 1 aliphatic rings. The lowest BCUT2D eigenvalue weighted by molar-refractivity contribution is -0.384. The number of benzene rings is 2. The first kappa shape index (κ1) is 15.4. The van der Waals surface area contributed by atoms with E-state index in [9.17, 15) is 14.9 Å². The van der Waals surface area contributed by atoms with Crippen LogP contribution in [0.5, 0.6) is 5.75 Å². The molecule has 0 radical (unpaired) electrons. The van der Waals surface area contributed by atoms with Gasteiger partial charge < -0.3 is 9.47 Å². The summed E-state index contributed by atoms with van der Waals surface area (Å²) >= 11 is 0. The second-order valence-electron chi connectivity index (χ2n) is 4.89. The highest BCUT2D eigenvalue weighted by molar-refractivity contribution is 6.12. The highest BCUT2D eigenvalue weighted by Gasteiger charge is 2.24. The van der Waals surface area contributed by atoms with Crippen molar-refractivity contribution < 1.29 is 19.2 Å². The Labute approximate surface area is 137 Å². The number of nitrogens with zero attached hydrogens (tertiary/aromatic N) is 2. The van der Waals surface area contributed by atoms with E-state index in [1.54, 1.807) is 24.3 Å². The monoisotopic (exact) mass is 324 g/mol. The predicted octanol–water partition coefficient (Wildman–Crippen LogP) is 2.95. The first-order valence-electron chi connectivity index (χ1n) is 6.99. The van der Waals surface area contributed by atoms with Gasteiger partial charge in [0.15, 0.2) is 5.70 Å². The Kier molecular flexibility index (Phi) is 4.07. The van der Waals surface area contributed by atoms with Crippen LogP contribution < -0.4 is 4.74 Å². The van der Waals surface area contributed by atoms with Crippen LogP contribution in [0.15, 0.2) is 59.2 Å². The molecule has 0 saturated carbocycles. The highest BCUT2D eigenvalue weighted by Crippen LogP contribution is 2.28. The van der Waals surface area contributed by atoms with Crippen molar-refractivity contribution in [3.63, 3.8) is 0 Å². The normalized spacial score (nSPS) is 15.1. The Bertz CT molecular complexity index is 872. The van der Waals surface area contributed by atoms with Crippen LogP contribution in [0.2, 0.25) is 0 Å². The number of carbonyl (C=O) groups excluding carboxylic acids is 1. The summed E-state index contributed by atoms with van der Waals surface area (Å²) < 4.78 is 10.3. The molecule has 0 N–H and O–H groups in total. The number of nitro groups is 1.